The molecule has 2 N–H and O–H groups in total. The molecule has 1 saturated carbocycles. The summed E-state index contributed by atoms with van der Waals surface area (Å²) in [5.74, 6) is 1.93. The number of imidazole rings is 1. The first-order valence-electron chi connectivity index (χ1n) is 11.5. The van der Waals surface area contributed by atoms with Crippen LogP contribution in [0, 0.1) is 5.92 Å². The molecular formula is C25H30N4O3S. The SMILES string of the molecule is Cn1cnc(S(=O)(=O)NCc2ccc3c(c2)[C@H](Cc2ccccc2)[C@H](NCC2CC2)CO3)c1. The standard InChI is InChI=1S/C25H30N4O3S/c1-29-15-25(27-17-29)33(30,31)28-14-20-9-10-24-22(12-20)21(11-18-5-3-2-4-6-18)23(16-32-24)26-13-19-7-8-19/h2-6,9-10,12,15,17,19,21,23,26,28H,7-8,11,13-14,16H2,1H3/t21-,23+/m0/s1. The number of hydrogen-bond donors (Lipinski definition) is 2. The molecule has 0 radical (unpaired) electrons. The maximum absolute atomic E-state index is 12.6. The van der Waals surface area contributed by atoms with Crippen molar-refractivity contribution in [3.8, 4) is 5.75 Å². The highest BCUT2D eigenvalue weighted by atomic mass is 32.2. The van der Waals surface area contributed by atoms with E-state index >= 15 is 0 Å². The number of fused-ring (bicyclic) bond motifs is 1. The summed E-state index contributed by atoms with van der Waals surface area (Å²) >= 11 is 0. The third-order valence-electron chi connectivity index (χ3n) is 6.46. The van der Waals surface area contributed by atoms with Crippen LogP contribution in [0.25, 0.3) is 0 Å². The summed E-state index contributed by atoms with van der Waals surface area (Å²) in [5, 5.41) is 3.77. The van der Waals surface area contributed by atoms with E-state index in [0.717, 1.165) is 35.8 Å². The fourth-order valence-corrected chi connectivity index (χ4v) is 5.38. The quantitative estimate of drug-likeness (QED) is 0.506. The van der Waals surface area contributed by atoms with Crippen LogP contribution in [0.1, 0.15) is 35.4 Å². The molecule has 2 aromatic carbocycles. The molecule has 5 rings (SSSR count). The van der Waals surface area contributed by atoms with Crippen molar-refractivity contribution >= 4 is 10.0 Å². The Kier molecular flexibility index (Phi) is 6.23. The summed E-state index contributed by atoms with van der Waals surface area (Å²) < 4.78 is 35.6. The molecule has 0 unspecified atom stereocenters. The summed E-state index contributed by atoms with van der Waals surface area (Å²) in [5.41, 5.74) is 3.32. The predicted molar refractivity (Wildman–Crippen MR) is 127 cm³/mol. The fourth-order valence-electron chi connectivity index (χ4n) is 4.38. The lowest BCUT2D eigenvalue weighted by Crippen LogP contribution is -2.44. The monoisotopic (exact) mass is 466 g/mol. The highest BCUT2D eigenvalue weighted by molar-refractivity contribution is 7.89. The van der Waals surface area contributed by atoms with Crippen LogP contribution < -0.4 is 14.8 Å². The van der Waals surface area contributed by atoms with Gasteiger partial charge < -0.3 is 14.6 Å². The second kappa shape index (κ2) is 9.29. The Morgan fingerprint density at radius 1 is 1.12 bits per heavy atom. The molecule has 2 atom stereocenters. The van der Waals surface area contributed by atoms with Gasteiger partial charge in [0.1, 0.15) is 12.4 Å². The number of sulfonamides is 1. The number of nitrogens with zero attached hydrogens (tertiary/aromatic N) is 2. The molecule has 0 bridgehead atoms. The van der Waals surface area contributed by atoms with E-state index < -0.39 is 10.0 Å². The number of nitrogens with one attached hydrogen (secondary N) is 2. The van der Waals surface area contributed by atoms with E-state index in [1.807, 2.05) is 18.2 Å². The average Bonchev–Trinajstić information content (AvgIpc) is 3.55. The van der Waals surface area contributed by atoms with E-state index in [0.29, 0.717) is 6.61 Å². The molecule has 7 nitrogen and oxygen atoms in total. The van der Waals surface area contributed by atoms with Gasteiger partial charge in [-0.3, -0.25) is 0 Å². The molecule has 0 saturated heterocycles. The largest absolute Gasteiger partial charge is 0.492 e. The summed E-state index contributed by atoms with van der Waals surface area (Å²) in [6, 6.07) is 16.7. The zero-order valence-electron chi connectivity index (χ0n) is 18.8. The van der Waals surface area contributed by atoms with Gasteiger partial charge in [0.05, 0.1) is 6.33 Å². The van der Waals surface area contributed by atoms with Crippen molar-refractivity contribution in [1.29, 1.82) is 0 Å². The van der Waals surface area contributed by atoms with E-state index in [4.69, 9.17) is 4.74 Å². The van der Waals surface area contributed by atoms with Crippen molar-refractivity contribution in [2.45, 2.75) is 42.8 Å². The number of aryl methyl sites for hydroxylation is 1. The lowest BCUT2D eigenvalue weighted by Gasteiger charge is -2.35. The van der Waals surface area contributed by atoms with Gasteiger partial charge in [-0.1, -0.05) is 42.5 Å². The van der Waals surface area contributed by atoms with Gasteiger partial charge in [-0.25, -0.2) is 18.1 Å². The Morgan fingerprint density at radius 3 is 2.67 bits per heavy atom. The van der Waals surface area contributed by atoms with Crippen LogP contribution in [0.5, 0.6) is 5.75 Å². The Balaban J connectivity index is 1.37. The maximum atomic E-state index is 12.6. The molecule has 0 amide bonds. The van der Waals surface area contributed by atoms with Gasteiger partial charge in [0.2, 0.25) is 0 Å². The molecule has 1 aliphatic carbocycles. The number of benzene rings is 2. The molecule has 8 heteroatoms. The molecule has 33 heavy (non-hydrogen) atoms. The van der Waals surface area contributed by atoms with Crippen LogP contribution in [-0.4, -0.2) is 37.2 Å². The van der Waals surface area contributed by atoms with Crippen LogP contribution in [0.2, 0.25) is 0 Å². The van der Waals surface area contributed by atoms with Crippen molar-refractivity contribution in [2.24, 2.45) is 13.0 Å². The van der Waals surface area contributed by atoms with Gasteiger partial charge in [-0.2, -0.15) is 0 Å². The van der Waals surface area contributed by atoms with Gasteiger partial charge in [-0.05, 0) is 54.5 Å². The molecule has 2 aliphatic rings. The molecule has 3 aromatic rings. The minimum absolute atomic E-state index is 0.0255. The third-order valence-corrected chi connectivity index (χ3v) is 7.75. The van der Waals surface area contributed by atoms with Crippen LogP contribution >= 0.6 is 0 Å². The molecule has 1 fully saturated rings. The number of aromatic nitrogens is 2. The minimum Gasteiger partial charge on any atom is -0.492 e. The summed E-state index contributed by atoms with van der Waals surface area (Å²) in [4.78, 5) is 3.96. The maximum Gasteiger partial charge on any atom is 0.259 e. The zero-order chi connectivity index (χ0) is 22.8. The Morgan fingerprint density at radius 2 is 1.94 bits per heavy atom. The van der Waals surface area contributed by atoms with Crippen molar-refractivity contribution in [3.05, 3.63) is 77.7 Å². The minimum atomic E-state index is -3.67. The van der Waals surface area contributed by atoms with E-state index in [-0.39, 0.29) is 23.5 Å². The third kappa shape index (κ3) is 5.29. The highest BCUT2D eigenvalue weighted by Crippen LogP contribution is 2.37. The predicted octanol–water partition coefficient (Wildman–Crippen LogP) is 2.99. The first-order chi connectivity index (χ1) is 16.0. The Hall–Kier alpha value is -2.68. The zero-order valence-corrected chi connectivity index (χ0v) is 19.6. The first kappa shape index (κ1) is 22.1. The van der Waals surface area contributed by atoms with Crippen LogP contribution in [0.3, 0.4) is 0 Å². The molecular weight excluding hydrogens is 436 g/mol. The molecule has 1 aromatic heterocycles. The van der Waals surface area contributed by atoms with Crippen LogP contribution in [0.4, 0.5) is 0 Å². The fraction of sp³-hybridized carbons (Fsp3) is 0.400. The summed E-state index contributed by atoms with van der Waals surface area (Å²) in [7, 11) is -1.92. The van der Waals surface area contributed by atoms with Gasteiger partial charge in [0, 0.05) is 31.7 Å². The second-order valence-corrected chi connectivity index (χ2v) is 10.9. The number of hydrogen-bond acceptors (Lipinski definition) is 5. The number of ether oxygens (including phenoxy) is 1. The average molecular weight is 467 g/mol. The Labute approximate surface area is 195 Å². The van der Waals surface area contributed by atoms with E-state index in [9.17, 15) is 8.42 Å². The van der Waals surface area contributed by atoms with Crippen molar-refractivity contribution in [3.63, 3.8) is 0 Å². The topological polar surface area (TPSA) is 85.2 Å². The van der Waals surface area contributed by atoms with E-state index in [2.05, 4.69) is 45.4 Å². The first-order valence-corrected chi connectivity index (χ1v) is 13.0. The van der Waals surface area contributed by atoms with Crippen molar-refractivity contribution in [1.82, 2.24) is 19.6 Å². The van der Waals surface area contributed by atoms with E-state index in [1.54, 1.807) is 11.6 Å². The smallest absolute Gasteiger partial charge is 0.259 e. The lowest BCUT2D eigenvalue weighted by molar-refractivity contribution is 0.211. The van der Waals surface area contributed by atoms with Gasteiger partial charge in [0.25, 0.3) is 10.0 Å². The highest BCUT2D eigenvalue weighted by Gasteiger charge is 2.33. The van der Waals surface area contributed by atoms with Gasteiger partial charge >= 0.3 is 0 Å². The van der Waals surface area contributed by atoms with Gasteiger partial charge in [0.15, 0.2) is 5.03 Å². The summed E-state index contributed by atoms with van der Waals surface area (Å²) in [6.45, 7) is 1.87. The normalized spacial score (nSPS) is 20.3. The van der Waals surface area contributed by atoms with Crippen molar-refractivity contribution in [2.75, 3.05) is 13.2 Å². The molecule has 1 aliphatic heterocycles. The van der Waals surface area contributed by atoms with Crippen LogP contribution in [-0.2, 0) is 30.0 Å². The van der Waals surface area contributed by atoms with Crippen molar-refractivity contribution < 1.29 is 13.2 Å². The van der Waals surface area contributed by atoms with Gasteiger partial charge in [-0.15, -0.1) is 0 Å². The summed E-state index contributed by atoms with van der Waals surface area (Å²) in [6.07, 6.45) is 6.49. The molecule has 2 heterocycles. The Bertz CT molecular complexity index is 1210. The second-order valence-electron chi connectivity index (χ2n) is 9.14. The molecule has 174 valence electrons. The lowest BCUT2D eigenvalue weighted by atomic mass is 9.83. The van der Waals surface area contributed by atoms with Crippen LogP contribution in [0.15, 0.2) is 66.1 Å². The van der Waals surface area contributed by atoms with E-state index in [1.165, 1.54) is 30.9 Å². The number of rotatable bonds is 9. The molecule has 0 spiro atoms.